The Hall–Kier alpha value is -1.77. The van der Waals surface area contributed by atoms with Crippen molar-refractivity contribution >= 4 is 32.4 Å². The molecule has 1 aliphatic rings. The molecule has 1 N–H and O–H groups in total. The second kappa shape index (κ2) is 5.79. The monoisotopic (exact) mass is 337 g/mol. The Morgan fingerprint density at radius 1 is 1.32 bits per heavy atom. The molecule has 0 fully saturated rings. The minimum absolute atomic E-state index is 0.181. The number of carbonyl (C=O) groups excluding carboxylic acids is 1. The first kappa shape index (κ1) is 15.1. The second-order valence-electron chi connectivity index (χ2n) is 4.97. The molecule has 22 heavy (non-hydrogen) atoms. The lowest BCUT2D eigenvalue weighted by Gasteiger charge is -2.25. The molecular weight excluding hydrogens is 322 g/mol. The third-order valence-electron chi connectivity index (χ3n) is 3.36. The Labute approximate surface area is 132 Å². The van der Waals surface area contributed by atoms with Gasteiger partial charge in [-0.3, -0.25) is 4.79 Å². The number of nitrogens with one attached hydrogen (secondary N) is 1. The van der Waals surface area contributed by atoms with E-state index in [0.29, 0.717) is 29.5 Å². The first-order valence-electron chi connectivity index (χ1n) is 6.78. The van der Waals surface area contributed by atoms with E-state index in [1.807, 2.05) is 0 Å². The molecule has 8 heteroatoms. The highest BCUT2D eigenvalue weighted by Gasteiger charge is 2.30. The van der Waals surface area contributed by atoms with Gasteiger partial charge in [-0.2, -0.15) is 4.31 Å². The van der Waals surface area contributed by atoms with Gasteiger partial charge in [0.1, 0.15) is 0 Å². The van der Waals surface area contributed by atoms with E-state index < -0.39 is 10.0 Å². The zero-order valence-electron chi connectivity index (χ0n) is 11.9. The number of benzene rings is 1. The average Bonchev–Trinajstić information content (AvgIpc) is 2.88. The number of amides is 1. The quantitative estimate of drug-likeness (QED) is 0.927. The maximum atomic E-state index is 12.6. The van der Waals surface area contributed by atoms with Crippen molar-refractivity contribution in [3.63, 3.8) is 0 Å². The molecule has 3 rings (SSSR count). The van der Waals surface area contributed by atoms with Crippen molar-refractivity contribution in [1.29, 1.82) is 0 Å². The number of hydrogen-bond donors (Lipinski definition) is 1. The van der Waals surface area contributed by atoms with Crippen LogP contribution >= 0.6 is 11.3 Å². The van der Waals surface area contributed by atoms with E-state index in [9.17, 15) is 13.2 Å². The molecule has 1 aliphatic heterocycles. The summed E-state index contributed by atoms with van der Waals surface area (Å²) in [5, 5.41) is 3.17. The van der Waals surface area contributed by atoms with Gasteiger partial charge in [-0.05, 0) is 12.1 Å². The van der Waals surface area contributed by atoms with Crippen molar-refractivity contribution in [2.24, 2.45) is 0 Å². The molecule has 2 heterocycles. The third kappa shape index (κ3) is 2.90. The summed E-state index contributed by atoms with van der Waals surface area (Å²) in [6.45, 7) is 2.11. The molecule has 2 aromatic rings. The SMILES string of the molecule is CC(=O)Nc1nc2c(s1)CN(S(=O)(=O)c1ccccc1)CC2. The summed E-state index contributed by atoms with van der Waals surface area (Å²) in [4.78, 5) is 16.6. The molecule has 116 valence electrons. The number of hydrogen-bond acceptors (Lipinski definition) is 5. The van der Waals surface area contributed by atoms with Crippen molar-refractivity contribution in [3.8, 4) is 0 Å². The van der Waals surface area contributed by atoms with Crippen LogP contribution in [0, 0.1) is 0 Å². The Balaban J connectivity index is 1.85. The fourth-order valence-corrected chi connectivity index (χ4v) is 4.90. The summed E-state index contributed by atoms with van der Waals surface area (Å²) < 4.78 is 26.7. The lowest BCUT2D eigenvalue weighted by atomic mass is 10.2. The van der Waals surface area contributed by atoms with Gasteiger partial charge >= 0.3 is 0 Å². The van der Waals surface area contributed by atoms with Crippen LogP contribution in [0.3, 0.4) is 0 Å². The van der Waals surface area contributed by atoms with Gasteiger partial charge in [-0.15, -0.1) is 11.3 Å². The Morgan fingerprint density at radius 2 is 2.05 bits per heavy atom. The number of rotatable bonds is 3. The van der Waals surface area contributed by atoms with Crippen LogP contribution in [0.5, 0.6) is 0 Å². The Kier molecular flexibility index (Phi) is 3.98. The fourth-order valence-electron chi connectivity index (χ4n) is 2.32. The van der Waals surface area contributed by atoms with Gasteiger partial charge in [0.15, 0.2) is 5.13 Å². The summed E-state index contributed by atoms with van der Waals surface area (Å²) in [6.07, 6.45) is 0.553. The van der Waals surface area contributed by atoms with E-state index in [2.05, 4.69) is 10.3 Å². The Bertz CT molecular complexity index is 800. The number of aromatic nitrogens is 1. The molecule has 0 aliphatic carbocycles. The molecule has 0 unspecified atom stereocenters. The van der Waals surface area contributed by atoms with Gasteiger partial charge in [0.25, 0.3) is 0 Å². The highest BCUT2D eigenvalue weighted by Crippen LogP contribution is 2.30. The number of fused-ring (bicyclic) bond motifs is 1. The molecule has 1 aromatic heterocycles. The third-order valence-corrected chi connectivity index (χ3v) is 6.22. The van der Waals surface area contributed by atoms with Crippen molar-refractivity contribution < 1.29 is 13.2 Å². The first-order valence-corrected chi connectivity index (χ1v) is 9.04. The van der Waals surface area contributed by atoms with E-state index in [4.69, 9.17) is 0 Å². The van der Waals surface area contributed by atoms with Crippen LogP contribution in [-0.2, 0) is 27.8 Å². The zero-order valence-corrected chi connectivity index (χ0v) is 13.6. The fraction of sp³-hybridized carbons (Fsp3) is 0.286. The molecule has 0 saturated heterocycles. The van der Waals surface area contributed by atoms with Gasteiger partial charge in [-0.1, -0.05) is 18.2 Å². The first-order chi connectivity index (χ1) is 10.5. The lowest BCUT2D eigenvalue weighted by Crippen LogP contribution is -2.35. The molecule has 0 spiro atoms. The van der Waals surface area contributed by atoms with Crippen LogP contribution in [0.15, 0.2) is 35.2 Å². The zero-order chi connectivity index (χ0) is 15.7. The normalized spacial score (nSPS) is 15.3. The molecule has 0 bridgehead atoms. The van der Waals surface area contributed by atoms with Crippen molar-refractivity contribution in [3.05, 3.63) is 40.9 Å². The van der Waals surface area contributed by atoms with Crippen LogP contribution in [0.25, 0.3) is 0 Å². The van der Waals surface area contributed by atoms with Gasteiger partial charge < -0.3 is 5.32 Å². The Morgan fingerprint density at radius 3 is 2.73 bits per heavy atom. The maximum absolute atomic E-state index is 12.6. The summed E-state index contributed by atoms with van der Waals surface area (Å²) in [7, 11) is -3.49. The number of anilines is 1. The minimum atomic E-state index is -3.49. The lowest BCUT2D eigenvalue weighted by molar-refractivity contribution is -0.114. The summed E-state index contributed by atoms with van der Waals surface area (Å²) in [6, 6.07) is 8.41. The maximum Gasteiger partial charge on any atom is 0.243 e. The molecule has 1 aromatic carbocycles. The van der Waals surface area contributed by atoms with Crippen molar-refractivity contribution in [1.82, 2.24) is 9.29 Å². The summed E-state index contributed by atoms with van der Waals surface area (Å²) >= 11 is 1.33. The molecule has 1 amide bonds. The van der Waals surface area contributed by atoms with Crippen LogP contribution in [0.4, 0.5) is 5.13 Å². The standard InChI is InChI=1S/C14H15N3O3S2/c1-10(18)15-14-16-12-7-8-17(9-13(12)21-14)22(19,20)11-5-3-2-4-6-11/h2-6H,7-9H2,1H3,(H,15,16,18). The van der Waals surface area contributed by atoms with Crippen LogP contribution in [0.2, 0.25) is 0 Å². The van der Waals surface area contributed by atoms with Crippen molar-refractivity contribution in [2.45, 2.75) is 24.8 Å². The van der Waals surface area contributed by atoms with Gasteiger partial charge in [-0.25, -0.2) is 13.4 Å². The van der Waals surface area contributed by atoms with Gasteiger partial charge in [0.2, 0.25) is 15.9 Å². The van der Waals surface area contributed by atoms with E-state index in [0.717, 1.165) is 10.6 Å². The van der Waals surface area contributed by atoms with Gasteiger partial charge in [0, 0.05) is 24.8 Å². The predicted octanol–water partition coefficient (Wildman–Crippen LogP) is 1.85. The van der Waals surface area contributed by atoms with E-state index in [1.165, 1.54) is 22.6 Å². The molecule has 0 saturated carbocycles. The van der Waals surface area contributed by atoms with Crippen LogP contribution in [-0.4, -0.2) is 30.2 Å². The van der Waals surface area contributed by atoms with E-state index in [-0.39, 0.29) is 5.91 Å². The number of carbonyl (C=O) groups is 1. The van der Waals surface area contributed by atoms with Crippen LogP contribution in [0.1, 0.15) is 17.5 Å². The molecule has 0 radical (unpaired) electrons. The molecule has 6 nitrogen and oxygen atoms in total. The number of sulfonamides is 1. The highest BCUT2D eigenvalue weighted by molar-refractivity contribution is 7.89. The van der Waals surface area contributed by atoms with Crippen molar-refractivity contribution in [2.75, 3.05) is 11.9 Å². The molecular formula is C14H15N3O3S2. The number of nitrogens with zero attached hydrogens (tertiary/aromatic N) is 2. The van der Waals surface area contributed by atoms with Gasteiger partial charge in [0.05, 0.1) is 17.1 Å². The topological polar surface area (TPSA) is 79.4 Å². The summed E-state index contributed by atoms with van der Waals surface area (Å²) in [5.74, 6) is -0.181. The largest absolute Gasteiger partial charge is 0.302 e. The molecule has 0 atom stereocenters. The van der Waals surface area contributed by atoms with E-state index in [1.54, 1.807) is 30.3 Å². The predicted molar refractivity (Wildman–Crippen MR) is 84.2 cm³/mol. The minimum Gasteiger partial charge on any atom is -0.302 e. The van der Waals surface area contributed by atoms with E-state index >= 15 is 0 Å². The smallest absolute Gasteiger partial charge is 0.243 e. The van der Waals surface area contributed by atoms with Crippen LogP contribution < -0.4 is 5.32 Å². The number of thiazole rings is 1. The average molecular weight is 337 g/mol. The summed E-state index contributed by atoms with van der Waals surface area (Å²) in [5.41, 5.74) is 0.869. The second-order valence-corrected chi connectivity index (χ2v) is 7.99. The highest BCUT2D eigenvalue weighted by atomic mass is 32.2.